The molecule has 3 saturated heterocycles. The molecular weight excluding hydrogens is 650 g/mol. The number of aliphatic hydroxyl groups excluding tert-OH is 1. The average molecular weight is 695 g/mol. The third-order valence-electron chi connectivity index (χ3n) is 9.66. The summed E-state index contributed by atoms with van der Waals surface area (Å²) in [6, 6.07) is 17.6. The summed E-state index contributed by atoms with van der Waals surface area (Å²) in [4.78, 5) is 49.6. The van der Waals surface area contributed by atoms with Gasteiger partial charge in [-0.2, -0.15) is 0 Å². The summed E-state index contributed by atoms with van der Waals surface area (Å²) in [5, 5.41) is 10.7. The molecule has 0 radical (unpaired) electrons. The highest BCUT2D eigenvalue weighted by Gasteiger charge is 2.76. The van der Waals surface area contributed by atoms with Crippen molar-refractivity contribution in [1.82, 2.24) is 14.7 Å². The van der Waals surface area contributed by atoms with E-state index in [0.717, 1.165) is 24.0 Å². The first-order valence-electron chi connectivity index (χ1n) is 15.9. The van der Waals surface area contributed by atoms with Crippen molar-refractivity contribution >= 4 is 45.4 Å². The fourth-order valence-corrected chi connectivity index (χ4v) is 11.3. The molecule has 0 aromatic heterocycles. The summed E-state index contributed by atoms with van der Waals surface area (Å²) in [6.07, 6.45) is 5.75. The normalized spacial score (nSPS) is 28.0. The monoisotopic (exact) mass is 693 g/mol. The topological polar surface area (TPSA) is 81.2 Å². The molecule has 3 heterocycles. The van der Waals surface area contributed by atoms with E-state index in [4.69, 9.17) is 0 Å². The van der Waals surface area contributed by atoms with Gasteiger partial charge < -0.3 is 19.8 Å². The van der Waals surface area contributed by atoms with Crippen molar-refractivity contribution in [2.75, 3.05) is 19.7 Å². The maximum absolute atomic E-state index is 14.9. The Hall–Kier alpha value is -2.88. The number of halogens is 1. The number of amides is 3. The number of benzene rings is 2. The first kappa shape index (κ1) is 33.5. The van der Waals surface area contributed by atoms with Gasteiger partial charge in [-0.05, 0) is 30.9 Å². The van der Waals surface area contributed by atoms with Crippen LogP contribution in [0.25, 0.3) is 0 Å². The van der Waals surface area contributed by atoms with E-state index in [1.807, 2.05) is 72.5 Å². The minimum absolute atomic E-state index is 0.0525. The first-order valence-corrected chi connectivity index (χ1v) is 17.7. The maximum atomic E-state index is 14.9. The third-order valence-corrected chi connectivity index (χ3v) is 12.9. The highest BCUT2D eigenvalue weighted by atomic mass is 79.9. The van der Waals surface area contributed by atoms with E-state index in [1.165, 1.54) is 0 Å². The zero-order valence-electron chi connectivity index (χ0n) is 26.1. The number of likely N-dealkylation sites (tertiary alicyclic amines) is 1. The molecule has 0 aliphatic carbocycles. The van der Waals surface area contributed by atoms with Gasteiger partial charge in [0, 0.05) is 35.8 Å². The summed E-state index contributed by atoms with van der Waals surface area (Å²) in [7, 11) is 0. The molecule has 240 valence electrons. The summed E-state index contributed by atoms with van der Waals surface area (Å²) < 4.78 is -0.826. The van der Waals surface area contributed by atoms with Gasteiger partial charge in [0.25, 0.3) is 0 Å². The van der Waals surface area contributed by atoms with Crippen molar-refractivity contribution in [3.05, 3.63) is 97.1 Å². The van der Waals surface area contributed by atoms with Gasteiger partial charge in [0.15, 0.2) is 0 Å². The summed E-state index contributed by atoms with van der Waals surface area (Å²) >= 11 is 5.52. The van der Waals surface area contributed by atoms with Crippen LogP contribution in [0.3, 0.4) is 0 Å². The Labute approximate surface area is 279 Å². The van der Waals surface area contributed by atoms with Crippen LogP contribution in [0.4, 0.5) is 0 Å². The van der Waals surface area contributed by atoms with Gasteiger partial charge in [0.2, 0.25) is 17.7 Å². The van der Waals surface area contributed by atoms with Gasteiger partial charge in [-0.15, -0.1) is 24.9 Å². The zero-order chi connectivity index (χ0) is 32.3. The van der Waals surface area contributed by atoms with Gasteiger partial charge >= 0.3 is 0 Å². The Morgan fingerprint density at radius 2 is 1.73 bits per heavy atom. The van der Waals surface area contributed by atoms with Gasteiger partial charge in [-0.3, -0.25) is 14.4 Å². The van der Waals surface area contributed by atoms with Crippen molar-refractivity contribution in [1.29, 1.82) is 0 Å². The first-order chi connectivity index (χ1) is 21.7. The number of hydrogen-bond donors (Lipinski definition) is 1. The number of hydrogen-bond acceptors (Lipinski definition) is 5. The van der Waals surface area contributed by atoms with Crippen LogP contribution in [-0.4, -0.2) is 84.1 Å². The van der Waals surface area contributed by atoms with Crippen LogP contribution >= 0.6 is 27.7 Å². The van der Waals surface area contributed by atoms with E-state index in [1.54, 1.807) is 33.7 Å². The summed E-state index contributed by atoms with van der Waals surface area (Å²) in [5.41, 5.74) is 1.75. The predicted octanol–water partition coefficient (Wildman–Crippen LogP) is 5.60. The fourth-order valence-electron chi connectivity index (χ4n) is 7.75. The molecule has 1 N–H and O–H groups in total. The molecule has 45 heavy (non-hydrogen) atoms. The number of rotatable bonds is 14. The lowest BCUT2D eigenvalue weighted by Crippen LogP contribution is -2.57. The Balaban J connectivity index is 1.61. The van der Waals surface area contributed by atoms with E-state index in [9.17, 15) is 19.5 Å². The van der Waals surface area contributed by atoms with Crippen LogP contribution in [0.1, 0.15) is 50.3 Å². The SMILES string of the molecule is C=CCN(Cc1ccccc1)C(=O)[C@H]1[C@H]2C(=O)N([C@H](CO)c3ccccc3)C(C(=O)N(CC=C)C(C)CCC)C23CC(Br)[C@@H]1S3. The number of carbonyl (C=O) groups is 3. The smallest absolute Gasteiger partial charge is 0.247 e. The van der Waals surface area contributed by atoms with Crippen LogP contribution < -0.4 is 0 Å². The summed E-state index contributed by atoms with van der Waals surface area (Å²) in [5.74, 6) is -1.80. The number of carbonyl (C=O) groups excluding carboxylic acids is 3. The van der Waals surface area contributed by atoms with Gasteiger partial charge in [-0.25, -0.2) is 0 Å². The Morgan fingerprint density at radius 1 is 1.09 bits per heavy atom. The Morgan fingerprint density at radius 3 is 2.33 bits per heavy atom. The minimum atomic E-state index is -0.846. The third kappa shape index (κ3) is 6.03. The Kier molecular flexibility index (Phi) is 10.6. The number of fused-ring (bicyclic) bond motifs is 1. The maximum Gasteiger partial charge on any atom is 0.247 e. The zero-order valence-corrected chi connectivity index (χ0v) is 28.5. The molecule has 3 aliphatic heterocycles. The molecule has 4 unspecified atom stereocenters. The second kappa shape index (κ2) is 14.3. The van der Waals surface area contributed by atoms with Crippen LogP contribution in [0.2, 0.25) is 0 Å². The van der Waals surface area contributed by atoms with Gasteiger partial charge in [0.05, 0.1) is 29.2 Å². The largest absolute Gasteiger partial charge is 0.394 e. The van der Waals surface area contributed by atoms with Crippen LogP contribution in [0, 0.1) is 11.8 Å². The molecule has 2 aromatic rings. The average Bonchev–Trinajstić information content (AvgIpc) is 3.64. The predicted molar refractivity (Wildman–Crippen MR) is 184 cm³/mol. The highest BCUT2D eigenvalue weighted by molar-refractivity contribution is 9.09. The second-order valence-electron chi connectivity index (χ2n) is 12.4. The number of nitrogens with zero attached hydrogens (tertiary/aromatic N) is 3. The van der Waals surface area contributed by atoms with E-state index >= 15 is 0 Å². The van der Waals surface area contributed by atoms with E-state index < -0.39 is 28.7 Å². The molecule has 7 nitrogen and oxygen atoms in total. The van der Waals surface area contributed by atoms with E-state index in [0.29, 0.717) is 26.1 Å². The molecule has 2 bridgehead atoms. The van der Waals surface area contributed by atoms with Gasteiger partial charge in [-0.1, -0.05) is 102 Å². The molecule has 9 heteroatoms. The lowest BCUT2D eigenvalue weighted by atomic mass is 9.70. The van der Waals surface area contributed by atoms with E-state index in [-0.39, 0.29) is 40.4 Å². The molecule has 3 fully saturated rings. The molecule has 8 atom stereocenters. The molecule has 0 saturated carbocycles. The number of thioether (sulfide) groups is 1. The fraction of sp³-hybridized carbons (Fsp3) is 0.472. The van der Waals surface area contributed by atoms with E-state index in [2.05, 4.69) is 36.0 Å². The minimum Gasteiger partial charge on any atom is -0.394 e. The number of alkyl halides is 1. The molecule has 2 aromatic carbocycles. The molecule has 1 spiro atoms. The van der Waals surface area contributed by atoms with Crippen LogP contribution in [0.5, 0.6) is 0 Å². The molecule has 5 rings (SSSR count). The van der Waals surface area contributed by atoms with Crippen molar-refractivity contribution in [3.8, 4) is 0 Å². The summed E-state index contributed by atoms with van der Waals surface area (Å²) in [6.45, 7) is 12.7. The lowest BCUT2D eigenvalue weighted by molar-refractivity contribution is -0.148. The van der Waals surface area contributed by atoms with Crippen LogP contribution in [-0.2, 0) is 20.9 Å². The standard InChI is InChI=1S/C36H44BrN3O4S/c1-5-14-24(4)39(20-7-3)35(44)32-36-21-27(37)31(45-36)29(33(42)38(19-6-2)22-25-15-10-8-11-16-25)30(36)34(43)40(32)28(23-41)26-17-12-9-13-18-26/h6-13,15-18,24,27-32,41H,2-3,5,14,19-23H2,1,4H3/t24?,27?,28-,29+,30+,31+,32?,36?/m1/s1. The van der Waals surface area contributed by atoms with Crippen molar-refractivity contribution in [2.24, 2.45) is 11.8 Å². The quantitative estimate of drug-likeness (QED) is 0.206. The van der Waals surface area contributed by atoms with Gasteiger partial charge in [0.1, 0.15) is 6.04 Å². The second-order valence-corrected chi connectivity index (χ2v) is 15.1. The van der Waals surface area contributed by atoms with Crippen molar-refractivity contribution in [3.63, 3.8) is 0 Å². The number of aliphatic hydroxyl groups is 1. The Bertz CT molecular complexity index is 1390. The molecule has 3 aliphatic rings. The molecular formula is C36H44BrN3O4S. The van der Waals surface area contributed by atoms with Crippen molar-refractivity contribution < 1.29 is 19.5 Å². The highest BCUT2D eigenvalue weighted by Crippen LogP contribution is 2.68. The van der Waals surface area contributed by atoms with Crippen LogP contribution in [0.15, 0.2) is 86.0 Å². The lowest BCUT2D eigenvalue weighted by Gasteiger charge is -2.41. The molecule has 3 amide bonds. The van der Waals surface area contributed by atoms with Crippen molar-refractivity contribution in [2.45, 2.75) is 72.6 Å².